The summed E-state index contributed by atoms with van der Waals surface area (Å²) in [4.78, 5) is 14.4. The predicted molar refractivity (Wildman–Crippen MR) is 80.1 cm³/mol. The zero-order chi connectivity index (χ0) is 14.5. The lowest BCUT2D eigenvalue weighted by molar-refractivity contribution is -0.150. The Hall–Kier alpha value is -1.55. The molecule has 1 aromatic carbocycles. The molecular weight excluding hydrogens is 252 g/mol. The number of hydrogen-bond donors (Lipinski definition) is 1. The van der Waals surface area contributed by atoms with Crippen LogP contribution in [0.3, 0.4) is 0 Å². The Morgan fingerprint density at radius 1 is 1.35 bits per heavy atom. The molecule has 110 valence electrons. The molecule has 0 radical (unpaired) electrons. The number of nitrogen functional groups attached to an aromatic ring is 1. The van der Waals surface area contributed by atoms with Crippen LogP contribution in [0.2, 0.25) is 0 Å². The molecule has 0 heterocycles. The fraction of sp³-hybridized carbons (Fsp3) is 0.562. The minimum absolute atomic E-state index is 0.0997. The SMILES string of the molecule is CCOC(=O)C(CC)N(Cc1ccc(N)cc1)C1CC1. The highest BCUT2D eigenvalue weighted by Gasteiger charge is 2.36. The molecule has 0 bridgehead atoms. The van der Waals surface area contributed by atoms with Gasteiger partial charge in [-0.15, -0.1) is 0 Å². The minimum Gasteiger partial charge on any atom is -0.465 e. The Labute approximate surface area is 120 Å². The van der Waals surface area contributed by atoms with Crippen LogP contribution in [0.1, 0.15) is 38.7 Å². The van der Waals surface area contributed by atoms with Crippen LogP contribution in [-0.2, 0) is 16.1 Å². The quantitative estimate of drug-likeness (QED) is 0.614. The van der Waals surface area contributed by atoms with Gasteiger partial charge in [0.1, 0.15) is 6.04 Å². The first-order valence-corrected chi connectivity index (χ1v) is 7.42. The van der Waals surface area contributed by atoms with E-state index in [1.807, 2.05) is 38.1 Å². The van der Waals surface area contributed by atoms with E-state index in [9.17, 15) is 4.79 Å². The molecule has 1 atom stereocenters. The fourth-order valence-corrected chi connectivity index (χ4v) is 2.51. The van der Waals surface area contributed by atoms with Gasteiger partial charge in [0.25, 0.3) is 0 Å². The van der Waals surface area contributed by atoms with Gasteiger partial charge in [0, 0.05) is 18.3 Å². The average Bonchev–Trinajstić information content (AvgIpc) is 3.25. The van der Waals surface area contributed by atoms with Crippen molar-refractivity contribution in [2.75, 3.05) is 12.3 Å². The van der Waals surface area contributed by atoms with Gasteiger partial charge in [-0.25, -0.2) is 0 Å². The number of hydrogen-bond acceptors (Lipinski definition) is 4. The molecule has 4 heteroatoms. The van der Waals surface area contributed by atoms with E-state index in [1.54, 1.807) is 0 Å². The highest BCUT2D eigenvalue weighted by molar-refractivity contribution is 5.75. The Kier molecular flexibility index (Phi) is 5.01. The van der Waals surface area contributed by atoms with Gasteiger partial charge in [-0.05, 0) is 43.9 Å². The van der Waals surface area contributed by atoms with Crippen molar-refractivity contribution in [3.63, 3.8) is 0 Å². The van der Waals surface area contributed by atoms with E-state index in [-0.39, 0.29) is 12.0 Å². The summed E-state index contributed by atoms with van der Waals surface area (Å²) >= 11 is 0. The third-order valence-corrected chi connectivity index (χ3v) is 3.71. The first-order chi connectivity index (χ1) is 9.65. The maximum atomic E-state index is 12.1. The molecule has 1 aromatic rings. The number of nitrogens with two attached hydrogens (primary N) is 1. The van der Waals surface area contributed by atoms with Crippen LogP contribution in [0, 0.1) is 0 Å². The molecule has 1 aliphatic carbocycles. The summed E-state index contributed by atoms with van der Waals surface area (Å²) in [5.74, 6) is -0.0997. The average molecular weight is 276 g/mol. The van der Waals surface area contributed by atoms with Gasteiger partial charge < -0.3 is 10.5 Å². The lowest BCUT2D eigenvalue weighted by atomic mass is 10.1. The van der Waals surface area contributed by atoms with Crippen molar-refractivity contribution in [3.8, 4) is 0 Å². The standard InChI is InChI=1S/C16H24N2O2/c1-3-15(16(19)20-4-2)18(14-9-10-14)11-12-5-7-13(17)8-6-12/h5-8,14-15H,3-4,9-11,17H2,1-2H3. The third-order valence-electron chi connectivity index (χ3n) is 3.71. The molecular formula is C16H24N2O2. The first-order valence-electron chi connectivity index (χ1n) is 7.42. The molecule has 0 aromatic heterocycles. The molecule has 1 unspecified atom stereocenters. The van der Waals surface area contributed by atoms with Crippen molar-refractivity contribution in [1.29, 1.82) is 0 Å². The van der Waals surface area contributed by atoms with Crippen LogP contribution in [0.5, 0.6) is 0 Å². The first kappa shape index (κ1) is 14.9. The van der Waals surface area contributed by atoms with Crippen molar-refractivity contribution in [1.82, 2.24) is 4.90 Å². The van der Waals surface area contributed by atoms with Gasteiger partial charge >= 0.3 is 5.97 Å². The molecule has 0 aliphatic heterocycles. The summed E-state index contributed by atoms with van der Waals surface area (Å²) in [6.07, 6.45) is 3.13. The molecule has 4 nitrogen and oxygen atoms in total. The van der Waals surface area contributed by atoms with E-state index in [2.05, 4.69) is 4.90 Å². The second-order valence-corrected chi connectivity index (χ2v) is 5.32. The van der Waals surface area contributed by atoms with Crippen molar-refractivity contribution in [2.24, 2.45) is 0 Å². The Balaban J connectivity index is 2.09. The molecule has 2 rings (SSSR count). The van der Waals surface area contributed by atoms with E-state index in [0.717, 1.165) is 18.7 Å². The highest BCUT2D eigenvalue weighted by Crippen LogP contribution is 2.31. The van der Waals surface area contributed by atoms with Crippen LogP contribution >= 0.6 is 0 Å². The molecule has 2 N–H and O–H groups in total. The van der Waals surface area contributed by atoms with E-state index in [0.29, 0.717) is 12.6 Å². The number of ether oxygens (including phenoxy) is 1. The molecule has 1 fully saturated rings. The number of carbonyl (C=O) groups excluding carboxylic acids is 1. The van der Waals surface area contributed by atoms with Gasteiger partial charge in [0.2, 0.25) is 0 Å². The summed E-state index contributed by atoms with van der Waals surface area (Å²) in [6, 6.07) is 8.25. The minimum atomic E-state index is -0.139. The van der Waals surface area contributed by atoms with E-state index in [4.69, 9.17) is 10.5 Å². The number of rotatable bonds is 7. The van der Waals surface area contributed by atoms with Gasteiger partial charge in [-0.1, -0.05) is 19.1 Å². The van der Waals surface area contributed by atoms with Crippen LogP contribution in [0.25, 0.3) is 0 Å². The second kappa shape index (κ2) is 6.75. The molecule has 20 heavy (non-hydrogen) atoms. The lowest BCUT2D eigenvalue weighted by Gasteiger charge is -2.29. The number of anilines is 1. The van der Waals surface area contributed by atoms with Crippen LogP contribution in [-0.4, -0.2) is 29.6 Å². The third kappa shape index (κ3) is 3.73. The highest BCUT2D eigenvalue weighted by atomic mass is 16.5. The van der Waals surface area contributed by atoms with E-state index in [1.165, 1.54) is 18.4 Å². The topological polar surface area (TPSA) is 55.6 Å². The summed E-state index contributed by atoms with van der Waals surface area (Å²) in [5, 5.41) is 0. The molecule has 1 aliphatic rings. The predicted octanol–water partition coefficient (Wildman–Crippen LogP) is 2.57. The normalized spacial score (nSPS) is 16.1. The number of esters is 1. The Morgan fingerprint density at radius 3 is 2.50 bits per heavy atom. The molecule has 1 saturated carbocycles. The van der Waals surface area contributed by atoms with Crippen LogP contribution in [0.15, 0.2) is 24.3 Å². The number of benzene rings is 1. The zero-order valence-electron chi connectivity index (χ0n) is 12.3. The van der Waals surface area contributed by atoms with Gasteiger partial charge in [-0.3, -0.25) is 9.69 Å². The molecule has 0 spiro atoms. The van der Waals surface area contributed by atoms with Gasteiger partial charge in [0.05, 0.1) is 6.61 Å². The lowest BCUT2D eigenvalue weighted by Crippen LogP contribution is -2.42. The smallest absolute Gasteiger partial charge is 0.323 e. The number of carbonyl (C=O) groups is 1. The largest absolute Gasteiger partial charge is 0.465 e. The zero-order valence-corrected chi connectivity index (χ0v) is 12.3. The van der Waals surface area contributed by atoms with Crippen molar-refractivity contribution < 1.29 is 9.53 Å². The maximum Gasteiger partial charge on any atom is 0.323 e. The van der Waals surface area contributed by atoms with Gasteiger partial charge in [-0.2, -0.15) is 0 Å². The summed E-state index contributed by atoms with van der Waals surface area (Å²) in [6.45, 7) is 5.12. The molecule has 0 amide bonds. The number of nitrogens with zero attached hydrogens (tertiary/aromatic N) is 1. The van der Waals surface area contributed by atoms with E-state index >= 15 is 0 Å². The summed E-state index contributed by atoms with van der Waals surface area (Å²) in [5.41, 5.74) is 7.67. The monoisotopic (exact) mass is 276 g/mol. The van der Waals surface area contributed by atoms with Gasteiger partial charge in [0.15, 0.2) is 0 Å². The Morgan fingerprint density at radius 2 is 2.00 bits per heavy atom. The summed E-state index contributed by atoms with van der Waals surface area (Å²) in [7, 11) is 0. The molecule has 0 saturated heterocycles. The maximum absolute atomic E-state index is 12.1. The summed E-state index contributed by atoms with van der Waals surface area (Å²) < 4.78 is 5.21. The van der Waals surface area contributed by atoms with Crippen molar-refractivity contribution in [2.45, 2.75) is 51.7 Å². The van der Waals surface area contributed by atoms with Crippen molar-refractivity contribution >= 4 is 11.7 Å². The van der Waals surface area contributed by atoms with E-state index < -0.39 is 0 Å². The van der Waals surface area contributed by atoms with Crippen LogP contribution < -0.4 is 5.73 Å². The second-order valence-electron chi connectivity index (χ2n) is 5.32. The van der Waals surface area contributed by atoms with Crippen molar-refractivity contribution in [3.05, 3.63) is 29.8 Å². The fourth-order valence-electron chi connectivity index (χ4n) is 2.51. The Bertz CT molecular complexity index is 440. The van der Waals surface area contributed by atoms with Crippen LogP contribution in [0.4, 0.5) is 5.69 Å².